The van der Waals surface area contributed by atoms with Crippen LogP contribution in [-0.4, -0.2) is 48.8 Å². The number of aryl methyl sites for hydroxylation is 1. The number of aromatic amines is 1. The fourth-order valence-corrected chi connectivity index (χ4v) is 4.73. The fourth-order valence-electron chi connectivity index (χ4n) is 3.82. The number of ketones is 1. The molecule has 1 unspecified atom stereocenters. The van der Waals surface area contributed by atoms with Crippen LogP contribution in [0.4, 0.5) is 0 Å². The maximum atomic E-state index is 13.3. The Kier molecular flexibility index (Phi) is 6.93. The van der Waals surface area contributed by atoms with Crippen LogP contribution in [0.3, 0.4) is 0 Å². The molecule has 0 aliphatic heterocycles. The van der Waals surface area contributed by atoms with Crippen LogP contribution in [0.1, 0.15) is 44.6 Å². The first-order valence-electron chi connectivity index (χ1n) is 10.8. The third kappa shape index (κ3) is 4.65. The number of hydrogen-bond donors (Lipinski definition) is 1. The number of thioether (sulfide) groups is 1. The van der Waals surface area contributed by atoms with Crippen molar-refractivity contribution in [3.05, 3.63) is 82.9 Å². The van der Waals surface area contributed by atoms with Crippen molar-refractivity contribution in [3.8, 4) is 11.4 Å². The van der Waals surface area contributed by atoms with Gasteiger partial charge < -0.3 is 9.72 Å². The standard InChI is InChI=1S/C25H25N5O3S/c1-15-20(24(32)33-4)16(2)27-21(15)22(31)17(3)34-25-29-28-23(19-10-12-26-13-11-19)30(25)14-18-8-6-5-7-9-18/h5-13,17,27H,14H2,1-4H3. The number of esters is 1. The van der Waals surface area contributed by atoms with Crippen LogP contribution >= 0.6 is 11.8 Å². The number of Topliss-reactive ketones (excluding diaryl/α,β-unsaturated/α-hetero) is 1. The summed E-state index contributed by atoms with van der Waals surface area (Å²) < 4.78 is 6.87. The zero-order chi connectivity index (χ0) is 24.2. The molecular formula is C25H25N5O3S. The smallest absolute Gasteiger partial charge is 0.339 e. The first kappa shape index (κ1) is 23.4. The SMILES string of the molecule is COC(=O)c1c(C)[nH]c(C(=O)C(C)Sc2nnc(-c3ccncc3)n2Cc2ccccc2)c1C. The Morgan fingerprint density at radius 1 is 1.09 bits per heavy atom. The molecule has 8 nitrogen and oxygen atoms in total. The van der Waals surface area contributed by atoms with E-state index < -0.39 is 11.2 Å². The number of aromatic nitrogens is 5. The number of methoxy groups -OCH3 is 1. The van der Waals surface area contributed by atoms with Crippen LogP contribution in [0.15, 0.2) is 60.0 Å². The van der Waals surface area contributed by atoms with Crippen LogP contribution in [0.5, 0.6) is 0 Å². The zero-order valence-corrected chi connectivity index (χ0v) is 20.2. The van der Waals surface area contributed by atoms with Gasteiger partial charge in [0.15, 0.2) is 16.8 Å². The van der Waals surface area contributed by atoms with Gasteiger partial charge in [-0.2, -0.15) is 0 Å². The molecule has 174 valence electrons. The maximum Gasteiger partial charge on any atom is 0.339 e. The molecule has 9 heteroatoms. The van der Waals surface area contributed by atoms with E-state index in [2.05, 4.69) is 20.2 Å². The highest BCUT2D eigenvalue weighted by Gasteiger charge is 2.27. The molecule has 0 spiro atoms. The van der Waals surface area contributed by atoms with E-state index in [0.29, 0.717) is 40.0 Å². The number of H-pyrrole nitrogens is 1. The van der Waals surface area contributed by atoms with Gasteiger partial charge in [-0.25, -0.2) is 4.79 Å². The Hall–Kier alpha value is -3.72. The summed E-state index contributed by atoms with van der Waals surface area (Å²) in [5.41, 5.74) is 3.98. The Balaban J connectivity index is 1.65. The summed E-state index contributed by atoms with van der Waals surface area (Å²) in [7, 11) is 1.33. The van der Waals surface area contributed by atoms with Gasteiger partial charge in [0.25, 0.3) is 0 Å². The van der Waals surface area contributed by atoms with Crippen LogP contribution in [-0.2, 0) is 11.3 Å². The molecule has 1 aromatic carbocycles. The predicted octanol–water partition coefficient (Wildman–Crippen LogP) is 4.48. The van der Waals surface area contributed by atoms with Crippen molar-refractivity contribution in [2.75, 3.05) is 7.11 Å². The largest absolute Gasteiger partial charge is 0.465 e. The van der Waals surface area contributed by atoms with Gasteiger partial charge in [0.1, 0.15) is 0 Å². The van der Waals surface area contributed by atoms with E-state index in [1.807, 2.05) is 54.0 Å². The Labute approximate surface area is 201 Å². The lowest BCUT2D eigenvalue weighted by Crippen LogP contribution is -2.17. The average Bonchev–Trinajstić information content (AvgIpc) is 3.38. The number of pyridine rings is 1. The van der Waals surface area contributed by atoms with E-state index in [-0.39, 0.29) is 5.78 Å². The zero-order valence-electron chi connectivity index (χ0n) is 19.4. The minimum absolute atomic E-state index is 0.125. The first-order valence-corrected chi connectivity index (χ1v) is 11.6. The van der Waals surface area contributed by atoms with E-state index >= 15 is 0 Å². The lowest BCUT2D eigenvalue weighted by molar-refractivity contribution is 0.0599. The number of carbonyl (C=O) groups excluding carboxylic acids is 2. The molecule has 1 N–H and O–H groups in total. The van der Waals surface area contributed by atoms with E-state index in [9.17, 15) is 9.59 Å². The van der Waals surface area contributed by atoms with Crippen LogP contribution < -0.4 is 0 Å². The van der Waals surface area contributed by atoms with E-state index in [4.69, 9.17) is 4.74 Å². The highest BCUT2D eigenvalue weighted by atomic mass is 32.2. The third-order valence-electron chi connectivity index (χ3n) is 5.56. The van der Waals surface area contributed by atoms with Crippen LogP contribution in [0, 0.1) is 13.8 Å². The number of benzene rings is 1. The highest BCUT2D eigenvalue weighted by molar-refractivity contribution is 8.00. The number of nitrogens with zero attached hydrogens (tertiary/aromatic N) is 4. The Bertz CT molecular complexity index is 1320. The van der Waals surface area contributed by atoms with Gasteiger partial charge in [0.05, 0.1) is 30.2 Å². The van der Waals surface area contributed by atoms with Gasteiger partial charge in [-0.3, -0.25) is 14.3 Å². The normalized spacial score (nSPS) is 11.9. The van der Waals surface area contributed by atoms with Crippen LogP contribution in [0.25, 0.3) is 11.4 Å². The number of carbonyl (C=O) groups is 2. The summed E-state index contributed by atoms with van der Waals surface area (Å²) in [6, 6.07) is 13.8. The topological polar surface area (TPSA) is 103 Å². The third-order valence-corrected chi connectivity index (χ3v) is 6.64. The van der Waals surface area contributed by atoms with E-state index in [0.717, 1.165) is 11.1 Å². The van der Waals surface area contributed by atoms with Crippen molar-refractivity contribution >= 4 is 23.5 Å². The van der Waals surface area contributed by atoms with Gasteiger partial charge in [0.2, 0.25) is 0 Å². The predicted molar refractivity (Wildman–Crippen MR) is 130 cm³/mol. The first-order chi connectivity index (χ1) is 16.4. The molecule has 0 aliphatic carbocycles. The molecule has 34 heavy (non-hydrogen) atoms. The van der Waals surface area contributed by atoms with E-state index in [1.165, 1.54) is 18.9 Å². The van der Waals surface area contributed by atoms with Crippen molar-refractivity contribution < 1.29 is 14.3 Å². The van der Waals surface area contributed by atoms with Gasteiger partial charge >= 0.3 is 5.97 Å². The average molecular weight is 476 g/mol. The summed E-state index contributed by atoms with van der Waals surface area (Å²) in [5.74, 6) is 0.115. The molecular weight excluding hydrogens is 450 g/mol. The molecule has 0 bridgehead atoms. The van der Waals surface area contributed by atoms with Crippen molar-refractivity contribution in [1.29, 1.82) is 0 Å². The Morgan fingerprint density at radius 3 is 2.47 bits per heavy atom. The quantitative estimate of drug-likeness (QED) is 0.228. The number of nitrogens with one attached hydrogen (secondary N) is 1. The molecule has 0 saturated carbocycles. The second-order valence-electron chi connectivity index (χ2n) is 7.85. The molecule has 1 atom stereocenters. The summed E-state index contributed by atoms with van der Waals surface area (Å²) >= 11 is 1.33. The van der Waals surface area contributed by atoms with Gasteiger partial charge in [-0.15, -0.1) is 10.2 Å². The molecule has 4 aromatic rings. The number of rotatable bonds is 8. The minimum atomic E-state index is -0.466. The number of ether oxygens (including phenoxy) is 1. The number of hydrogen-bond acceptors (Lipinski definition) is 7. The van der Waals surface area contributed by atoms with Gasteiger partial charge in [-0.05, 0) is 44.0 Å². The second-order valence-corrected chi connectivity index (χ2v) is 9.16. The Morgan fingerprint density at radius 2 is 1.79 bits per heavy atom. The van der Waals surface area contributed by atoms with Crippen LogP contribution in [0.2, 0.25) is 0 Å². The summed E-state index contributed by atoms with van der Waals surface area (Å²) in [5, 5.41) is 9.00. The minimum Gasteiger partial charge on any atom is -0.465 e. The molecule has 4 rings (SSSR count). The molecule has 0 aliphatic rings. The molecule has 0 amide bonds. The second kappa shape index (κ2) is 10.0. The van der Waals surface area contributed by atoms with Gasteiger partial charge in [0, 0.05) is 23.7 Å². The highest BCUT2D eigenvalue weighted by Crippen LogP contribution is 2.30. The molecule has 0 radical (unpaired) electrons. The summed E-state index contributed by atoms with van der Waals surface area (Å²) in [4.78, 5) is 32.6. The van der Waals surface area contributed by atoms with Crippen molar-refractivity contribution in [1.82, 2.24) is 24.7 Å². The lowest BCUT2D eigenvalue weighted by atomic mass is 10.1. The molecule has 0 fully saturated rings. The van der Waals surface area contributed by atoms with Crippen molar-refractivity contribution in [2.24, 2.45) is 0 Å². The molecule has 0 saturated heterocycles. The van der Waals surface area contributed by atoms with Crippen molar-refractivity contribution in [2.45, 2.75) is 37.7 Å². The summed E-state index contributed by atoms with van der Waals surface area (Å²) in [6.45, 7) is 5.89. The maximum absolute atomic E-state index is 13.3. The van der Waals surface area contributed by atoms with Gasteiger partial charge in [-0.1, -0.05) is 42.1 Å². The van der Waals surface area contributed by atoms with E-state index in [1.54, 1.807) is 26.2 Å². The molecule has 3 heterocycles. The fraction of sp³-hybridized carbons (Fsp3) is 0.240. The summed E-state index contributed by atoms with van der Waals surface area (Å²) in [6.07, 6.45) is 3.43. The lowest BCUT2D eigenvalue weighted by Gasteiger charge is -2.13. The molecule has 3 aromatic heterocycles. The monoisotopic (exact) mass is 475 g/mol. The van der Waals surface area contributed by atoms with Crippen molar-refractivity contribution in [3.63, 3.8) is 0 Å².